The van der Waals surface area contributed by atoms with Crippen LogP contribution in [0.2, 0.25) is 0 Å². The molecule has 0 saturated carbocycles. The van der Waals surface area contributed by atoms with Gasteiger partial charge in [-0.1, -0.05) is 6.08 Å². The van der Waals surface area contributed by atoms with Crippen molar-refractivity contribution in [1.82, 2.24) is 0 Å². The summed E-state index contributed by atoms with van der Waals surface area (Å²) in [5, 5.41) is 3.83. The maximum absolute atomic E-state index is 12.5. The molecular weight excluding hydrogens is 316 g/mol. The molecule has 1 saturated heterocycles. The number of nitrogens with two attached hydrogens (primary N) is 2. The zero-order valence-electron chi connectivity index (χ0n) is 12.5. The van der Waals surface area contributed by atoms with Crippen molar-refractivity contribution in [2.24, 2.45) is 5.92 Å². The number of carbonyl (C=O) groups is 2. The summed E-state index contributed by atoms with van der Waals surface area (Å²) in [6, 6.07) is 4.11. The standard InChI is InChI=1S/C16H16N2O2S2/c1-7-3-5-9(21-7)13-11-12(16(20)17-13)14(18-15(11)19)10-6-4-8(2)22-10/h3-5,10,12,14H,6H2,1-2H3,(H,17,20)(H,18,19)/p+2. The molecule has 6 heteroatoms. The highest BCUT2D eigenvalue weighted by atomic mass is 32.2. The molecule has 4 heterocycles. The lowest BCUT2D eigenvalue weighted by Crippen LogP contribution is -2.95. The Kier molecular flexibility index (Phi) is 3.38. The second kappa shape index (κ2) is 5.16. The van der Waals surface area contributed by atoms with Crippen LogP contribution in [0, 0.1) is 12.8 Å². The summed E-state index contributed by atoms with van der Waals surface area (Å²) < 4.78 is 0. The minimum absolute atomic E-state index is 0.0449. The van der Waals surface area contributed by atoms with Crippen molar-refractivity contribution in [1.29, 1.82) is 0 Å². The molecular formula is C16H18N2O2S2+2. The Bertz CT molecular complexity index is 747. The second-order valence-electron chi connectivity index (χ2n) is 6.08. The first-order chi connectivity index (χ1) is 10.5. The van der Waals surface area contributed by atoms with Crippen LogP contribution in [0.3, 0.4) is 0 Å². The predicted octanol–water partition coefficient (Wildman–Crippen LogP) is 0.369. The van der Waals surface area contributed by atoms with Gasteiger partial charge in [0.25, 0.3) is 0 Å². The largest absolute Gasteiger partial charge is 0.346 e. The van der Waals surface area contributed by atoms with E-state index in [-0.39, 0.29) is 23.8 Å². The third-order valence-corrected chi connectivity index (χ3v) is 6.98. The van der Waals surface area contributed by atoms with Gasteiger partial charge in [-0.3, -0.25) is 5.32 Å². The number of quaternary nitrogens is 2. The second-order valence-corrected chi connectivity index (χ2v) is 8.85. The molecule has 3 atom stereocenters. The van der Waals surface area contributed by atoms with Crippen molar-refractivity contribution in [2.45, 2.75) is 31.6 Å². The molecule has 4 nitrogen and oxygen atoms in total. The van der Waals surface area contributed by atoms with Crippen molar-refractivity contribution in [3.05, 3.63) is 38.4 Å². The molecule has 1 aromatic rings. The molecule has 3 aliphatic rings. The highest BCUT2D eigenvalue weighted by molar-refractivity contribution is 8.03. The smallest absolute Gasteiger partial charge is 0.274 e. The first kappa shape index (κ1) is 14.4. The Balaban J connectivity index is 1.71. The van der Waals surface area contributed by atoms with Crippen molar-refractivity contribution in [2.75, 3.05) is 0 Å². The average molecular weight is 334 g/mol. The first-order valence-corrected chi connectivity index (χ1v) is 9.16. The Morgan fingerprint density at radius 2 is 2.05 bits per heavy atom. The van der Waals surface area contributed by atoms with Gasteiger partial charge in [0.15, 0.2) is 11.6 Å². The Hall–Kier alpha value is -1.21. The number of primary amides is 2. The van der Waals surface area contributed by atoms with Crippen LogP contribution in [-0.2, 0) is 9.59 Å². The van der Waals surface area contributed by atoms with E-state index in [0.29, 0.717) is 5.25 Å². The molecule has 0 spiro atoms. The van der Waals surface area contributed by atoms with Gasteiger partial charge in [-0.05, 0) is 37.3 Å². The number of rotatable bonds is 2. The number of thiophene rings is 1. The summed E-state index contributed by atoms with van der Waals surface area (Å²) in [5.74, 6) is -0.0849. The number of hydrogen-bond donors (Lipinski definition) is 2. The number of fused-ring (bicyclic) bond motifs is 1. The predicted molar refractivity (Wildman–Crippen MR) is 86.9 cm³/mol. The van der Waals surface area contributed by atoms with Crippen LogP contribution in [0.15, 0.2) is 28.7 Å². The average Bonchev–Trinajstić information content (AvgIpc) is 3.19. The highest BCUT2D eigenvalue weighted by Gasteiger charge is 2.58. The molecule has 22 heavy (non-hydrogen) atoms. The van der Waals surface area contributed by atoms with Gasteiger partial charge in [0, 0.05) is 4.88 Å². The van der Waals surface area contributed by atoms with Crippen molar-refractivity contribution in [3.8, 4) is 0 Å². The summed E-state index contributed by atoms with van der Waals surface area (Å²) in [4.78, 5) is 28.6. The molecule has 4 N–H and O–H groups in total. The molecule has 0 radical (unpaired) electrons. The zero-order chi connectivity index (χ0) is 15.4. The van der Waals surface area contributed by atoms with Crippen molar-refractivity contribution < 1.29 is 20.2 Å². The van der Waals surface area contributed by atoms with Gasteiger partial charge in [-0.15, -0.1) is 23.1 Å². The van der Waals surface area contributed by atoms with E-state index in [2.05, 4.69) is 13.0 Å². The van der Waals surface area contributed by atoms with Crippen LogP contribution in [0.25, 0.3) is 5.70 Å². The van der Waals surface area contributed by atoms with Crippen LogP contribution < -0.4 is 10.6 Å². The summed E-state index contributed by atoms with van der Waals surface area (Å²) in [6.45, 7) is 4.14. The van der Waals surface area contributed by atoms with E-state index >= 15 is 0 Å². The van der Waals surface area contributed by atoms with Crippen LogP contribution >= 0.6 is 23.1 Å². The highest BCUT2D eigenvalue weighted by Crippen LogP contribution is 2.39. The number of aryl methyl sites for hydroxylation is 1. The lowest BCUT2D eigenvalue weighted by molar-refractivity contribution is -0.597. The van der Waals surface area contributed by atoms with E-state index in [1.54, 1.807) is 22.0 Å². The Labute approximate surface area is 137 Å². The third-order valence-electron chi connectivity index (χ3n) is 4.60. The molecule has 3 aliphatic heterocycles. The quantitative estimate of drug-likeness (QED) is 0.821. The van der Waals surface area contributed by atoms with E-state index in [9.17, 15) is 9.59 Å². The SMILES string of the molecule is CC1=CCC(C2[NH2+]C(=O)C3=C(c4ccc(C)s4)[NH2+]C(=O)C32)S1. The summed E-state index contributed by atoms with van der Waals surface area (Å²) in [7, 11) is 0. The number of thioether (sulfide) groups is 1. The van der Waals surface area contributed by atoms with Crippen molar-refractivity contribution >= 4 is 40.6 Å². The number of amides is 2. The van der Waals surface area contributed by atoms with Gasteiger partial charge in [0.05, 0.1) is 10.1 Å². The molecule has 1 aromatic heterocycles. The van der Waals surface area contributed by atoms with Gasteiger partial charge in [0.1, 0.15) is 11.6 Å². The summed E-state index contributed by atoms with van der Waals surface area (Å²) in [5.41, 5.74) is 1.60. The molecule has 4 rings (SSSR count). The van der Waals surface area contributed by atoms with E-state index in [1.807, 2.05) is 30.8 Å². The van der Waals surface area contributed by atoms with Crippen molar-refractivity contribution in [3.63, 3.8) is 0 Å². The van der Waals surface area contributed by atoms with Gasteiger partial charge >= 0.3 is 11.8 Å². The first-order valence-electron chi connectivity index (χ1n) is 7.47. The maximum Gasteiger partial charge on any atom is 0.346 e. The number of carbonyl (C=O) groups excluding carboxylic acids is 2. The Morgan fingerprint density at radius 1 is 1.23 bits per heavy atom. The normalized spacial score (nSPS) is 31.2. The molecule has 0 aromatic carbocycles. The Morgan fingerprint density at radius 3 is 2.68 bits per heavy atom. The molecule has 114 valence electrons. The van der Waals surface area contributed by atoms with Crippen LogP contribution in [0.5, 0.6) is 0 Å². The van der Waals surface area contributed by atoms with E-state index in [4.69, 9.17) is 0 Å². The minimum atomic E-state index is -0.248. The third kappa shape index (κ3) is 2.13. The van der Waals surface area contributed by atoms with Gasteiger partial charge in [0.2, 0.25) is 0 Å². The van der Waals surface area contributed by atoms with E-state index in [1.165, 1.54) is 9.78 Å². The summed E-state index contributed by atoms with van der Waals surface area (Å²) in [6.07, 6.45) is 3.16. The molecule has 0 aliphatic carbocycles. The van der Waals surface area contributed by atoms with Gasteiger partial charge in [-0.2, -0.15) is 0 Å². The lowest BCUT2D eigenvalue weighted by Gasteiger charge is -2.16. The monoisotopic (exact) mass is 334 g/mol. The fourth-order valence-electron chi connectivity index (χ4n) is 3.61. The minimum Gasteiger partial charge on any atom is -0.274 e. The lowest BCUT2D eigenvalue weighted by atomic mass is 9.93. The van der Waals surface area contributed by atoms with E-state index < -0.39 is 0 Å². The molecule has 3 unspecified atom stereocenters. The topological polar surface area (TPSA) is 67.4 Å². The van der Waals surface area contributed by atoms with E-state index in [0.717, 1.165) is 22.6 Å². The van der Waals surface area contributed by atoms with Crippen LogP contribution in [-0.4, -0.2) is 23.1 Å². The van der Waals surface area contributed by atoms with Gasteiger partial charge < -0.3 is 0 Å². The summed E-state index contributed by atoms with van der Waals surface area (Å²) >= 11 is 3.46. The maximum atomic E-state index is 12.5. The zero-order valence-corrected chi connectivity index (χ0v) is 14.1. The fourth-order valence-corrected chi connectivity index (χ4v) is 5.76. The number of hydrogen-bond acceptors (Lipinski definition) is 4. The molecule has 0 bridgehead atoms. The molecule has 2 amide bonds. The van der Waals surface area contributed by atoms with Gasteiger partial charge in [-0.25, -0.2) is 14.9 Å². The van der Waals surface area contributed by atoms with Crippen LogP contribution in [0.4, 0.5) is 0 Å². The molecule has 1 fully saturated rings. The fraction of sp³-hybridized carbons (Fsp3) is 0.375. The number of allylic oxidation sites excluding steroid dienone is 2. The van der Waals surface area contributed by atoms with Crippen LogP contribution in [0.1, 0.15) is 23.1 Å².